The van der Waals surface area contributed by atoms with Gasteiger partial charge in [0.2, 0.25) is 0 Å². The molecule has 25 heavy (non-hydrogen) atoms. The monoisotopic (exact) mass is 340 g/mol. The van der Waals surface area contributed by atoms with Gasteiger partial charge in [0.15, 0.2) is 6.61 Å². The third kappa shape index (κ3) is 6.10. The van der Waals surface area contributed by atoms with Crippen LogP contribution in [0.5, 0.6) is 5.75 Å². The van der Waals surface area contributed by atoms with Crippen molar-refractivity contribution in [1.29, 1.82) is 0 Å². The Morgan fingerprint density at radius 3 is 2.60 bits per heavy atom. The molecule has 0 aromatic heterocycles. The van der Waals surface area contributed by atoms with Crippen LogP contribution in [-0.4, -0.2) is 31.3 Å². The quantitative estimate of drug-likeness (QED) is 0.478. The van der Waals surface area contributed by atoms with Gasteiger partial charge in [0, 0.05) is 0 Å². The van der Waals surface area contributed by atoms with Crippen LogP contribution in [0, 0.1) is 6.92 Å². The van der Waals surface area contributed by atoms with Crippen LogP contribution in [-0.2, 0) is 9.53 Å². The topological polar surface area (TPSA) is 77.0 Å². The second-order valence-electron chi connectivity index (χ2n) is 5.24. The molecule has 0 atom stereocenters. The first-order valence-electron chi connectivity index (χ1n) is 7.87. The molecule has 0 aliphatic heterocycles. The van der Waals surface area contributed by atoms with Gasteiger partial charge in [-0.1, -0.05) is 29.8 Å². The third-order valence-corrected chi connectivity index (χ3v) is 3.18. The molecule has 130 valence electrons. The van der Waals surface area contributed by atoms with Gasteiger partial charge >= 0.3 is 5.97 Å². The van der Waals surface area contributed by atoms with Gasteiger partial charge in [0.25, 0.3) is 5.91 Å². The maximum Gasteiger partial charge on any atom is 0.338 e. The molecule has 1 amide bonds. The highest BCUT2D eigenvalue weighted by Gasteiger charge is 2.07. The Morgan fingerprint density at radius 2 is 1.92 bits per heavy atom. The van der Waals surface area contributed by atoms with Crippen LogP contribution in [0.2, 0.25) is 0 Å². The minimum absolute atomic E-state index is 0.177. The lowest BCUT2D eigenvalue weighted by Crippen LogP contribution is -2.24. The normalized spacial score (nSPS) is 10.5. The largest absolute Gasteiger partial charge is 0.484 e. The van der Waals surface area contributed by atoms with Crippen LogP contribution in [0.4, 0.5) is 0 Å². The van der Waals surface area contributed by atoms with E-state index < -0.39 is 5.97 Å². The van der Waals surface area contributed by atoms with Crippen LogP contribution in [0.1, 0.15) is 28.4 Å². The minimum atomic E-state index is -0.391. The standard InChI is InChI=1S/C19H20N2O4/c1-3-24-19(23)16-7-9-17(10-8-16)25-13-18(22)21-20-12-15-6-4-5-14(2)11-15/h4-12H,3,13H2,1-2H3,(H,21,22)/b20-12+. The van der Waals surface area contributed by atoms with Crippen LogP contribution >= 0.6 is 0 Å². The Balaban J connectivity index is 1.78. The van der Waals surface area contributed by atoms with Gasteiger partial charge in [-0.15, -0.1) is 0 Å². The number of amides is 1. The number of hydrazone groups is 1. The highest BCUT2D eigenvalue weighted by atomic mass is 16.5. The number of carbonyl (C=O) groups is 2. The number of hydrogen-bond donors (Lipinski definition) is 1. The van der Waals surface area contributed by atoms with E-state index in [9.17, 15) is 9.59 Å². The minimum Gasteiger partial charge on any atom is -0.484 e. The van der Waals surface area contributed by atoms with Crippen molar-refractivity contribution in [2.45, 2.75) is 13.8 Å². The summed E-state index contributed by atoms with van der Waals surface area (Å²) in [7, 11) is 0. The predicted molar refractivity (Wildman–Crippen MR) is 94.8 cm³/mol. The summed E-state index contributed by atoms with van der Waals surface area (Å²) >= 11 is 0. The van der Waals surface area contributed by atoms with E-state index >= 15 is 0 Å². The van der Waals surface area contributed by atoms with Gasteiger partial charge in [-0.05, 0) is 43.7 Å². The highest BCUT2D eigenvalue weighted by Crippen LogP contribution is 2.12. The molecular weight excluding hydrogens is 320 g/mol. The van der Waals surface area contributed by atoms with Crippen LogP contribution in [0.3, 0.4) is 0 Å². The fourth-order valence-electron chi connectivity index (χ4n) is 2.01. The molecule has 0 spiro atoms. The van der Waals surface area contributed by atoms with Crippen molar-refractivity contribution < 1.29 is 19.1 Å². The maximum atomic E-state index is 11.7. The molecule has 6 nitrogen and oxygen atoms in total. The summed E-state index contributed by atoms with van der Waals surface area (Å²) in [6, 6.07) is 14.1. The van der Waals surface area contributed by atoms with Gasteiger partial charge in [-0.2, -0.15) is 5.10 Å². The Kier molecular flexibility index (Phi) is 6.71. The van der Waals surface area contributed by atoms with Gasteiger partial charge in [0.1, 0.15) is 5.75 Å². The van der Waals surface area contributed by atoms with Crippen LogP contribution < -0.4 is 10.2 Å². The number of ether oxygens (including phenoxy) is 2. The van der Waals surface area contributed by atoms with Crippen LogP contribution in [0.25, 0.3) is 0 Å². The molecule has 0 aliphatic rings. The molecule has 0 aliphatic carbocycles. The number of carbonyl (C=O) groups excluding carboxylic acids is 2. The summed E-state index contributed by atoms with van der Waals surface area (Å²) in [5, 5.41) is 3.89. The SMILES string of the molecule is CCOC(=O)c1ccc(OCC(=O)N/N=C/c2cccc(C)c2)cc1. The first kappa shape index (κ1) is 18.2. The van der Waals surface area contributed by atoms with Crippen molar-refractivity contribution in [2.75, 3.05) is 13.2 Å². The summed E-state index contributed by atoms with van der Waals surface area (Å²) in [5.74, 6) is -0.290. The average Bonchev–Trinajstić information content (AvgIpc) is 2.61. The third-order valence-electron chi connectivity index (χ3n) is 3.18. The van der Waals surface area contributed by atoms with E-state index in [1.807, 2.05) is 31.2 Å². The molecular formula is C19H20N2O4. The lowest BCUT2D eigenvalue weighted by atomic mass is 10.2. The Labute approximate surface area is 146 Å². The van der Waals surface area contributed by atoms with Gasteiger partial charge in [0.05, 0.1) is 18.4 Å². The fourth-order valence-corrected chi connectivity index (χ4v) is 2.01. The highest BCUT2D eigenvalue weighted by molar-refractivity contribution is 5.89. The number of hydrogen-bond acceptors (Lipinski definition) is 5. The zero-order chi connectivity index (χ0) is 18.1. The molecule has 1 N–H and O–H groups in total. The van der Waals surface area contributed by atoms with Gasteiger partial charge in [-0.25, -0.2) is 10.2 Å². The molecule has 2 aromatic rings. The smallest absolute Gasteiger partial charge is 0.338 e. The second kappa shape index (κ2) is 9.22. The molecule has 0 heterocycles. The number of nitrogens with one attached hydrogen (secondary N) is 1. The van der Waals surface area contributed by atoms with Crippen molar-refractivity contribution in [3.8, 4) is 5.75 Å². The number of benzene rings is 2. The molecule has 0 saturated carbocycles. The van der Waals surface area contributed by atoms with E-state index in [1.165, 1.54) is 0 Å². The van der Waals surface area contributed by atoms with Crippen LogP contribution in [0.15, 0.2) is 53.6 Å². The lowest BCUT2D eigenvalue weighted by Gasteiger charge is -2.06. The molecule has 2 rings (SSSR count). The Hall–Kier alpha value is -3.15. The summed E-state index contributed by atoms with van der Waals surface area (Å²) in [6.07, 6.45) is 1.57. The van der Waals surface area contributed by atoms with E-state index in [-0.39, 0.29) is 12.5 Å². The predicted octanol–water partition coefficient (Wildman–Crippen LogP) is 2.70. The van der Waals surface area contributed by atoms with Crippen molar-refractivity contribution >= 4 is 18.1 Å². The molecule has 6 heteroatoms. The summed E-state index contributed by atoms with van der Waals surface area (Å²) in [5.41, 5.74) is 4.84. The molecule has 0 saturated heterocycles. The van der Waals surface area contributed by atoms with E-state index in [4.69, 9.17) is 9.47 Å². The molecule has 0 radical (unpaired) electrons. The number of rotatable bonds is 7. The molecule has 0 unspecified atom stereocenters. The fraction of sp³-hybridized carbons (Fsp3) is 0.211. The summed E-state index contributed by atoms with van der Waals surface area (Å²) in [6.45, 7) is 3.87. The molecule has 2 aromatic carbocycles. The first-order chi connectivity index (χ1) is 12.1. The Morgan fingerprint density at radius 1 is 1.16 bits per heavy atom. The Bertz CT molecular complexity index is 754. The maximum absolute atomic E-state index is 11.7. The van der Waals surface area contributed by atoms with E-state index in [0.29, 0.717) is 17.9 Å². The van der Waals surface area contributed by atoms with Crippen molar-refractivity contribution in [3.05, 3.63) is 65.2 Å². The van der Waals surface area contributed by atoms with E-state index in [2.05, 4.69) is 10.5 Å². The lowest BCUT2D eigenvalue weighted by molar-refractivity contribution is -0.123. The van der Waals surface area contributed by atoms with Crippen molar-refractivity contribution in [1.82, 2.24) is 5.43 Å². The van der Waals surface area contributed by atoms with Gasteiger partial charge in [-0.3, -0.25) is 4.79 Å². The molecule has 0 bridgehead atoms. The van der Waals surface area contributed by atoms with Crippen molar-refractivity contribution in [3.63, 3.8) is 0 Å². The van der Waals surface area contributed by atoms with Crippen molar-refractivity contribution in [2.24, 2.45) is 5.10 Å². The first-order valence-corrected chi connectivity index (χ1v) is 7.87. The van der Waals surface area contributed by atoms with E-state index in [0.717, 1.165) is 11.1 Å². The van der Waals surface area contributed by atoms with Gasteiger partial charge < -0.3 is 9.47 Å². The molecule has 0 fully saturated rings. The number of esters is 1. The zero-order valence-electron chi connectivity index (χ0n) is 14.2. The summed E-state index contributed by atoms with van der Waals surface area (Å²) in [4.78, 5) is 23.2. The number of nitrogens with zero attached hydrogens (tertiary/aromatic N) is 1. The zero-order valence-corrected chi connectivity index (χ0v) is 14.2. The average molecular weight is 340 g/mol. The number of aryl methyl sites for hydroxylation is 1. The van der Waals surface area contributed by atoms with E-state index in [1.54, 1.807) is 37.4 Å². The second-order valence-corrected chi connectivity index (χ2v) is 5.24. The summed E-state index contributed by atoms with van der Waals surface area (Å²) < 4.78 is 10.2.